The first-order valence-electron chi connectivity index (χ1n) is 5.15. The van der Waals surface area contributed by atoms with Crippen molar-refractivity contribution in [2.45, 2.75) is 52.1 Å². The summed E-state index contributed by atoms with van der Waals surface area (Å²) in [6.07, 6.45) is 3.87. The van der Waals surface area contributed by atoms with Crippen LogP contribution in [0, 0.1) is 0 Å². The van der Waals surface area contributed by atoms with E-state index >= 15 is 0 Å². The molecule has 1 atom stereocenters. The predicted molar refractivity (Wildman–Crippen MR) is 53.4 cm³/mol. The summed E-state index contributed by atoms with van der Waals surface area (Å²) >= 11 is 0. The summed E-state index contributed by atoms with van der Waals surface area (Å²) in [5.41, 5.74) is 0. The van der Waals surface area contributed by atoms with Crippen molar-refractivity contribution in [1.29, 1.82) is 0 Å². The summed E-state index contributed by atoms with van der Waals surface area (Å²) in [6, 6.07) is 0. The molecule has 2 N–H and O–H groups in total. The summed E-state index contributed by atoms with van der Waals surface area (Å²) in [4.78, 5) is 11.1. The zero-order valence-electron chi connectivity index (χ0n) is 8.68. The molecule has 1 unspecified atom stereocenters. The van der Waals surface area contributed by atoms with Crippen LogP contribution in [0.2, 0.25) is 0 Å². The Balaban J connectivity index is 3.34. The lowest BCUT2D eigenvalue weighted by Gasteiger charge is -2.10. The molecule has 0 spiro atoms. The molecule has 0 aromatic rings. The van der Waals surface area contributed by atoms with E-state index in [2.05, 4.69) is 12.2 Å². The largest absolute Gasteiger partial charge is 0.391 e. The van der Waals surface area contributed by atoms with E-state index in [1.165, 1.54) is 0 Å². The molecular weight excluding hydrogens is 166 g/mol. The molecule has 0 saturated carbocycles. The Morgan fingerprint density at radius 2 is 2.08 bits per heavy atom. The monoisotopic (exact) mass is 187 g/mol. The maximum Gasteiger partial charge on any atom is 0.220 e. The Labute approximate surface area is 80.5 Å². The van der Waals surface area contributed by atoms with Crippen LogP contribution < -0.4 is 5.32 Å². The van der Waals surface area contributed by atoms with Crippen molar-refractivity contribution in [2.24, 2.45) is 0 Å². The average Bonchev–Trinajstić information content (AvgIpc) is 2.12. The molecule has 0 aliphatic carbocycles. The van der Waals surface area contributed by atoms with E-state index in [-0.39, 0.29) is 12.0 Å². The lowest BCUT2D eigenvalue weighted by molar-refractivity contribution is -0.121. The van der Waals surface area contributed by atoms with Crippen molar-refractivity contribution in [3.8, 4) is 0 Å². The molecular formula is C10H21NO2. The van der Waals surface area contributed by atoms with Crippen molar-refractivity contribution >= 4 is 5.91 Å². The predicted octanol–water partition coefficient (Wildman–Crippen LogP) is 1.45. The minimum Gasteiger partial charge on any atom is -0.391 e. The van der Waals surface area contributed by atoms with Gasteiger partial charge in [0.05, 0.1) is 6.10 Å². The topological polar surface area (TPSA) is 49.3 Å². The molecule has 1 amide bonds. The molecule has 0 aliphatic rings. The van der Waals surface area contributed by atoms with Gasteiger partial charge in [-0.3, -0.25) is 4.79 Å². The second-order valence-electron chi connectivity index (χ2n) is 3.35. The van der Waals surface area contributed by atoms with Crippen LogP contribution >= 0.6 is 0 Å². The molecule has 78 valence electrons. The third-order valence-electron chi connectivity index (χ3n) is 1.91. The summed E-state index contributed by atoms with van der Waals surface area (Å²) in [6.45, 7) is 4.47. The van der Waals surface area contributed by atoms with Gasteiger partial charge in [0.1, 0.15) is 0 Å². The number of nitrogens with one attached hydrogen (secondary N) is 1. The second-order valence-corrected chi connectivity index (χ2v) is 3.35. The fourth-order valence-corrected chi connectivity index (χ4v) is 1.09. The lowest BCUT2D eigenvalue weighted by atomic mass is 10.2. The molecule has 3 heteroatoms. The number of rotatable bonds is 7. The number of aliphatic hydroxyl groups excluding tert-OH is 1. The van der Waals surface area contributed by atoms with Crippen LogP contribution in [-0.4, -0.2) is 23.7 Å². The van der Waals surface area contributed by atoms with Crippen LogP contribution in [0.25, 0.3) is 0 Å². The van der Waals surface area contributed by atoms with Crippen LogP contribution in [0.1, 0.15) is 46.0 Å². The minimum atomic E-state index is -0.379. The van der Waals surface area contributed by atoms with Gasteiger partial charge in [-0.2, -0.15) is 0 Å². The minimum absolute atomic E-state index is 0.0528. The lowest BCUT2D eigenvalue weighted by Crippen LogP contribution is -2.31. The third kappa shape index (κ3) is 7.78. The van der Waals surface area contributed by atoms with E-state index in [0.717, 1.165) is 25.7 Å². The number of carbonyl (C=O) groups excluding carboxylic acids is 1. The van der Waals surface area contributed by atoms with E-state index in [0.29, 0.717) is 13.0 Å². The Morgan fingerprint density at radius 1 is 1.38 bits per heavy atom. The Bertz CT molecular complexity index is 137. The van der Waals surface area contributed by atoms with Crippen molar-refractivity contribution in [3.05, 3.63) is 0 Å². The smallest absolute Gasteiger partial charge is 0.220 e. The van der Waals surface area contributed by atoms with Gasteiger partial charge in [0.25, 0.3) is 0 Å². The number of aliphatic hydroxyl groups is 1. The fourth-order valence-electron chi connectivity index (χ4n) is 1.09. The van der Waals surface area contributed by atoms with Crippen LogP contribution in [0.3, 0.4) is 0 Å². The van der Waals surface area contributed by atoms with E-state index in [9.17, 15) is 9.90 Å². The van der Waals surface area contributed by atoms with Crippen LogP contribution in [-0.2, 0) is 4.79 Å². The average molecular weight is 187 g/mol. The van der Waals surface area contributed by atoms with E-state index in [4.69, 9.17) is 0 Å². The number of hydrogen-bond acceptors (Lipinski definition) is 2. The molecule has 0 radical (unpaired) electrons. The van der Waals surface area contributed by atoms with Crippen LogP contribution in [0.15, 0.2) is 0 Å². The standard InChI is InChI=1S/C10H21NO2/c1-3-5-7-10(13)11-8-9(12)6-4-2/h9,12H,3-8H2,1-2H3,(H,11,13). The maximum absolute atomic E-state index is 11.1. The first kappa shape index (κ1) is 12.4. The number of unbranched alkanes of at least 4 members (excludes halogenated alkanes) is 1. The van der Waals surface area contributed by atoms with Gasteiger partial charge >= 0.3 is 0 Å². The Morgan fingerprint density at radius 3 is 2.62 bits per heavy atom. The van der Waals surface area contributed by atoms with Gasteiger partial charge in [0, 0.05) is 13.0 Å². The van der Waals surface area contributed by atoms with Crippen molar-refractivity contribution in [2.75, 3.05) is 6.54 Å². The summed E-state index contributed by atoms with van der Waals surface area (Å²) in [5.74, 6) is 0.0528. The summed E-state index contributed by atoms with van der Waals surface area (Å²) in [5, 5.41) is 12.0. The van der Waals surface area contributed by atoms with Gasteiger partial charge in [-0.25, -0.2) is 0 Å². The Kier molecular flexibility index (Phi) is 7.69. The highest BCUT2D eigenvalue weighted by atomic mass is 16.3. The van der Waals surface area contributed by atoms with E-state index in [1.54, 1.807) is 0 Å². The van der Waals surface area contributed by atoms with Gasteiger partial charge in [0.2, 0.25) is 5.91 Å². The first-order valence-corrected chi connectivity index (χ1v) is 5.15. The molecule has 0 heterocycles. The highest BCUT2D eigenvalue weighted by Crippen LogP contribution is 1.96. The van der Waals surface area contributed by atoms with Gasteiger partial charge < -0.3 is 10.4 Å². The molecule has 0 bridgehead atoms. The zero-order valence-corrected chi connectivity index (χ0v) is 8.68. The highest BCUT2D eigenvalue weighted by Gasteiger charge is 2.04. The zero-order chi connectivity index (χ0) is 10.1. The molecule has 0 saturated heterocycles. The van der Waals surface area contributed by atoms with Gasteiger partial charge in [0.15, 0.2) is 0 Å². The molecule has 0 aliphatic heterocycles. The number of hydrogen-bond donors (Lipinski definition) is 2. The summed E-state index contributed by atoms with van der Waals surface area (Å²) in [7, 11) is 0. The summed E-state index contributed by atoms with van der Waals surface area (Å²) < 4.78 is 0. The Hall–Kier alpha value is -0.570. The van der Waals surface area contributed by atoms with Crippen molar-refractivity contribution in [3.63, 3.8) is 0 Å². The van der Waals surface area contributed by atoms with Crippen molar-refractivity contribution in [1.82, 2.24) is 5.32 Å². The quantitative estimate of drug-likeness (QED) is 0.634. The third-order valence-corrected chi connectivity index (χ3v) is 1.91. The fraction of sp³-hybridized carbons (Fsp3) is 0.900. The molecule has 13 heavy (non-hydrogen) atoms. The molecule has 0 rings (SSSR count). The van der Waals surface area contributed by atoms with Crippen LogP contribution in [0.4, 0.5) is 0 Å². The van der Waals surface area contributed by atoms with E-state index in [1.807, 2.05) is 6.92 Å². The maximum atomic E-state index is 11.1. The van der Waals surface area contributed by atoms with Crippen LogP contribution in [0.5, 0.6) is 0 Å². The molecule has 0 aromatic carbocycles. The van der Waals surface area contributed by atoms with E-state index < -0.39 is 0 Å². The number of carbonyl (C=O) groups is 1. The van der Waals surface area contributed by atoms with Gasteiger partial charge in [-0.05, 0) is 12.8 Å². The normalized spacial score (nSPS) is 12.5. The van der Waals surface area contributed by atoms with Gasteiger partial charge in [-0.1, -0.05) is 26.7 Å². The second kappa shape index (κ2) is 8.05. The SMILES string of the molecule is CCCCC(=O)NCC(O)CCC. The first-order chi connectivity index (χ1) is 6.20. The molecule has 0 aromatic heterocycles. The number of amides is 1. The van der Waals surface area contributed by atoms with Crippen molar-refractivity contribution < 1.29 is 9.90 Å². The van der Waals surface area contributed by atoms with Gasteiger partial charge in [-0.15, -0.1) is 0 Å². The molecule has 0 fully saturated rings. The molecule has 3 nitrogen and oxygen atoms in total. The highest BCUT2D eigenvalue weighted by molar-refractivity contribution is 5.75.